The summed E-state index contributed by atoms with van der Waals surface area (Å²) in [6.45, 7) is 8.44. The van der Waals surface area contributed by atoms with E-state index in [4.69, 9.17) is 11.6 Å². The number of aromatic nitrogens is 1. The zero-order valence-corrected chi connectivity index (χ0v) is 15.2. The SMILES string of the molecule is CC(C)(C)C1CCCN(C(=O)c2cc(Br)cnc2Cl)CC1. The molecule has 0 spiro atoms. The van der Waals surface area contributed by atoms with Gasteiger partial charge in [-0.05, 0) is 52.6 Å². The number of pyridine rings is 1. The normalized spacial score (nSPS) is 20.2. The van der Waals surface area contributed by atoms with Crippen molar-refractivity contribution in [3.8, 4) is 0 Å². The number of halogens is 2. The smallest absolute Gasteiger partial charge is 0.257 e. The minimum atomic E-state index is -0.0108. The predicted octanol–water partition coefficient (Wildman–Crippen LogP) is 4.79. The quantitative estimate of drug-likeness (QED) is 0.663. The van der Waals surface area contributed by atoms with Crippen molar-refractivity contribution in [3.05, 3.63) is 27.5 Å². The monoisotopic (exact) mass is 372 g/mol. The van der Waals surface area contributed by atoms with E-state index < -0.39 is 0 Å². The second-order valence-electron chi connectivity index (χ2n) is 6.78. The molecule has 1 fully saturated rings. The topological polar surface area (TPSA) is 33.2 Å². The van der Waals surface area contributed by atoms with Crippen LogP contribution in [0.25, 0.3) is 0 Å². The number of rotatable bonds is 1. The van der Waals surface area contributed by atoms with Crippen LogP contribution in [0.1, 0.15) is 50.4 Å². The molecule has 0 saturated carbocycles. The Bertz CT molecular complexity index is 527. The molecule has 1 aliphatic heterocycles. The van der Waals surface area contributed by atoms with Gasteiger partial charge in [-0.15, -0.1) is 0 Å². The minimum absolute atomic E-state index is 0.0108. The van der Waals surface area contributed by atoms with Gasteiger partial charge in [0.15, 0.2) is 0 Å². The Morgan fingerprint density at radius 3 is 2.76 bits per heavy atom. The lowest BCUT2D eigenvalue weighted by Crippen LogP contribution is -2.32. The van der Waals surface area contributed by atoms with Crippen LogP contribution in [0.5, 0.6) is 0 Å². The molecule has 1 atom stereocenters. The molecule has 21 heavy (non-hydrogen) atoms. The molecule has 1 aromatic heterocycles. The van der Waals surface area contributed by atoms with Crippen molar-refractivity contribution in [3.63, 3.8) is 0 Å². The molecule has 0 N–H and O–H groups in total. The lowest BCUT2D eigenvalue weighted by Gasteiger charge is -2.29. The summed E-state index contributed by atoms with van der Waals surface area (Å²) in [5, 5.41) is 0.278. The van der Waals surface area contributed by atoms with Gasteiger partial charge in [0.25, 0.3) is 5.91 Å². The Morgan fingerprint density at radius 2 is 2.10 bits per heavy atom. The zero-order valence-electron chi connectivity index (χ0n) is 12.8. The molecule has 2 heterocycles. The van der Waals surface area contributed by atoms with Crippen LogP contribution >= 0.6 is 27.5 Å². The molecule has 1 aromatic rings. The number of likely N-dealkylation sites (tertiary alicyclic amines) is 1. The van der Waals surface area contributed by atoms with Crippen LogP contribution in [0.2, 0.25) is 5.15 Å². The van der Waals surface area contributed by atoms with E-state index in [1.807, 2.05) is 4.90 Å². The van der Waals surface area contributed by atoms with Gasteiger partial charge in [-0.1, -0.05) is 32.4 Å². The van der Waals surface area contributed by atoms with Gasteiger partial charge in [-0.3, -0.25) is 4.79 Å². The predicted molar refractivity (Wildman–Crippen MR) is 89.6 cm³/mol. The maximum Gasteiger partial charge on any atom is 0.257 e. The second-order valence-corrected chi connectivity index (χ2v) is 8.05. The average molecular weight is 374 g/mol. The van der Waals surface area contributed by atoms with E-state index in [0.29, 0.717) is 16.9 Å². The molecule has 116 valence electrons. The highest BCUT2D eigenvalue weighted by atomic mass is 79.9. The first-order valence-corrected chi connectivity index (χ1v) is 8.56. The molecule has 1 amide bonds. The number of nitrogens with zero attached hydrogens (tertiary/aromatic N) is 2. The van der Waals surface area contributed by atoms with Crippen molar-refractivity contribution in [2.45, 2.75) is 40.0 Å². The van der Waals surface area contributed by atoms with Crippen LogP contribution in [0.4, 0.5) is 0 Å². The molecule has 1 saturated heterocycles. The summed E-state index contributed by atoms with van der Waals surface area (Å²) >= 11 is 9.42. The maximum atomic E-state index is 12.7. The van der Waals surface area contributed by atoms with Gasteiger partial charge >= 0.3 is 0 Å². The van der Waals surface area contributed by atoms with Crippen LogP contribution in [-0.4, -0.2) is 28.9 Å². The van der Waals surface area contributed by atoms with Gasteiger partial charge in [-0.25, -0.2) is 4.98 Å². The number of hydrogen-bond donors (Lipinski definition) is 0. The lowest BCUT2D eigenvalue weighted by atomic mass is 9.77. The van der Waals surface area contributed by atoms with Gasteiger partial charge in [0.1, 0.15) is 5.15 Å². The van der Waals surface area contributed by atoms with Gasteiger partial charge in [0.05, 0.1) is 5.56 Å². The molecule has 0 radical (unpaired) electrons. The van der Waals surface area contributed by atoms with Crippen LogP contribution in [0, 0.1) is 11.3 Å². The highest BCUT2D eigenvalue weighted by Crippen LogP contribution is 2.34. The summed E-state index contributed by atoms with van der Waals surface area (Å²) in [6, 6.07) is 1.75. The second kappa shape index (κ2) is 6.66. The van der Waals surface area contributed by atoms with E-state index in [0.717, 1.165) is 30.4 Å². The Hall–Kier alpha value is -0.610. The molecular formula is C16H22BrClN2O. The van der Waals surface area contributed by atoms with Crippen molar-refractivity contribution in [1.29, 1.82) is 0 Å². The Kier molecular flexibility index (Phi) is 5.31. The fourth-order valence-electron chi connectivity index (χ4n) is 2.91. The van der Waals surface area contributed by atoms with Gasteiger partial charge < -0.3 is 4.90 Å². The molecular weight excluding hydrogens is 352 g/mol. The molecule has 1 unspecified atom stereocenters. The third-order valence-corrected chi connectivity index (χ3v) is 5.01. The summed E-state index contributed by atoms with van der Waals surface area (Å²) in [7, 11) is 0. The maximum absolute atomic E-state index is 12.7. The number of carbonyl (C=O) groups excluding carboxylic acids is 1. The molecule has 5 heteroatoms. The van der Waals surface area contributed by atoms with E-state index in [2.05, 4.69) is 41.7 Å². The molecule has 0 aromatic carbocycles. The average Bonchev–Trinajstić information content (AvgIpc) is 2.66. The Morgan fingerprint density at radius 1 is 1.38 bits per heavy atom. The standard InChI is InChI=1S/C16H22BrClN2O/c1-16(2,3)11-5-4-7-20(8-6-11)15(21)13-9-12(17)10-19-14(13)18/h9-11H,4-8H2,1-3H3. The van der Waals surface area contributed by atoms with Gasteiger partial charge in [0.2, 0.25) is 0 Å². The Balaban J connectivity index is 2.12. The van der Waals surface area contributed by atoms with Gasteiger partial charge in [-0.2, -0.15) is 0 Å². The van der Waals surface area contributed by atoms with Crippen molar-refractivity contribution >= 4 is 33.4 Å². The highest BCUT2D eigenvalue weighted by molar-refractivity contribution is 9.10. The van der Waals surface area contributed by atoms with E-state index in [1.54, 1.807) is 12.3 Å². The van der Waals surface area contributed by atoms with E-state index in [-0.39, 0.29) is 11.1 Å². The van der Waals surface area contributed by atoms with Crippen molar-refractivity contribution < 1.29 is 4.79 Å². The van der Waals surface area contributed by atoms with Crippen LogP contribution in [0.3, 0.4) is 0 Å². The van der Waals surface area contributed by atoms with E-state index in [1.165, 1.54) is 6.42 Å². The molecule has 2 rings (SSSR count). The fourth-order valence-corrected chi connectivity index (χ4v) is 3.42. The summed E-state index contributed by atoms with van der Waals surface area (Å²) in [6.07, 6.45) is 4.88. The van der Waals surface area contributed by atoms with Crippen LogP contribution in [0.15, 0.2) is 16.7 Å². The first-order valence-electron chi connectivity index (χ1n) is 7.39. The lowest BCUT2D eigenvalue weighted by molar-refractivity contribution is 0.0755. The summed E-state index contributed by atoms with van der Waals surface area (Å²) in [5.41, 5.74) is 0.786. The summed E-state index contributed by atoms with van der Waals surface area (Å²) < 4.78 is 0.776. The van der Waals surface area contributed by atoms with E-state index >= 15 is 0 Å². The van der Waals surface area contributed by atoms with Gasteiger partial charge in [0, 0.05) is 23.8 Å². The number of hydrogen-bond acceptors (Lipinski definition) is 2. The Labute approximate surface area is 140 Å². The number of amides is 1. The molecule has 0 bridgehead atoms. The third kappa shape index (κ3) is 4.19. The van der Waals surface area contributed by atoms with Crippen LogP contribution < -0.4 is 0 Å². The summed E-state index contributed by atoms with van der Waals surface area (Å²) in [5.74, 6) is 0.648. The van der Waals surface area contributed by atoms with Crippen molar-refractivity contribution in [2.24, 2.45) is 11.3 Å². The molecule has 3 nitrogen and oxygen atoms in total. The fraction of sp³-hybridized carbons (Fsp3) is 0.625. The number of carbonyl (C=O) groups is 1. The van der Waals surface area contributed by atoms with E-state index in [9.17, 15) is 4.79 Å². The van der Waals surface area contributed by atoms with Crippen molar-refractivity contribution in [1.82, 2.24) is 9.88 Å². The minimum Gasteiger partial charge on any atom is -0.339 e. The highest BCUT2D eigenvalue weighted by Gasteiger charge is 2.29. The van der Waals surface area contributed by atoms with Crippen LogP contribution in [-0.2, 0) is 0 Å². The third-order valence-electron chi connectivity index (χ3n) is 4.28. The van der Waals surface area contributed by atoms with Crippen molar-refractivity contribution in [2.75, 3.05) is 13.1 Å². The molecule has 0 aliphatic carbocycles. The summed E-state index contributed by atoms with van der Waals surface area (Å²) in [4.78, 5) is 18.6. The first kappa shape index (κ1) is 16.8. The first-order chi connectivity index (χ1) is 9.79. The largest absolute Gasteiger partial charge is 0.339 e. The zero-order chi connectivity index (χ0) is 15.6. The molecule has 1 aliphatic rings.